The molecule has 0 unspecified atom stereocenters. The monoisotopic (exact) mass is 119 g/mol. The Balaban J connectivity index is 3.05. The third-order valence-corrected chi connectivity index (χ3v) is 0.308. The highest BCUT2D eigenvalue weighted by Crippen LogP contribution is 1.66. The van der Waals surface area contributed by atoms with E-state index >= 15 is 0 Å². The van der Waals surface area contributed by atoms with Gasteiger partial charge in [0.15, 0.2) is 0 Å². The average Bonchev–Trinajstić information content (AvgIpc) is 1.61. The van der Waals surface area contributed by atoms with Crippen LogP contribution in [0.5, 0.6) is 0 Å². The van der Waals surface area contributed by atoms with Crippen molar-refractivity contribution in [2.24, 2.45) is 0 Å². The molecule has 3 N–H and O–H groups in total. The largest absolute Gasteiger partial charge is 0.656 e. The highest BCUT2D eigenvalue weighted by molar-refractivity contribution is 6.32. The highest BCUT2D eigenvalue weighted by Gasteiger charge is 2.08. The minimum Gasteiger partial charge on any atom is -0.400 e. The van der Waals surface area contributed by atoms with E-state index in [1.54, 1.807) is 5.48 Å². The van der Waals surface area contributed by atoms with Gasteiger partial charge in [0.2, 0.25) is 5.91 Å². The van der Waals surface area contributed by atoms with Crippen molar-refractivity contribution in [1.29, 1.82) is 0 Å². The van der Waals surface area contributed by atoms with Gasteiger partial charge in [0.05, 0.1) is 0 Å². The Bertz CT molecular complexity index is 84.1. The Morgan fingerprint density at radius 1 is 1.75 bits per heavy atom. The first-order valence-electron chi connectivity index (χ1n) is 1.91. The normalized spacial score (nSPS) is 8.38. The van der Waals surface area contributed by atoms with E-state index in [4.69, 9.17) is 10.0 Å². The van der Waals surface area contributed by atoms with Crippen LogP contribution in [0.3, 0.4) is 0 Å². The first-order valence-corrected chi connectivity index (χ1v) is 1.91. The average molecular weight is 119 g/mol. The van der Waals surface area contributed by atoms with Gasteiger partial charge in [0.25, 0.3) is 0 Å². The van der Waals surface area contributed by atoms with Crippen LogP contribution in [0.25, 0.3) is 0 Å². The van der Waals surface area contributed by atoms with E-state index < -0.39 is 13.2 Å². The number of amides is 1. The van der Waals surface area contributed by atoms with Crippen LogP contribution in [-0.2, 0) is 9.55 Å². The molecule has 0 heterocycles. The van der Waals surface area contributed by atoms with Crippen molar-refractivity contribution >= 4 is 13.2 Å². The van der Waals surface area contributed by atoms with Crippen molar-refractivity contribution in [3.05, 3.63) is 0 Å². The SMILES string of the molecule is CC(=O)NOB(O)O. The maximum atomic E-state index is 9.89. The van der Waals surface area contributed by atoms with E-state index in [0.717, 1.165) is 0 Å². The molecule has 0 aliphatic rings. The predicted octanol–water partition coefficient (Wildman–Crippen LogP) is -1.98. The lowest BCUT2D eigenvalue weighted by Crippen LogP contribution is -2.30. The lowest BCUT2D eigenvalue weighted by Gasteiger charge is -1.98. The Morgan fingerprint density at radius 2 is 2.25 bits per heavy atom. The van der Waals surface area contributed by atoms with Crippen LogP contribution in [0.2, 0.25) is 0 Å². The Kier molecular flexibility index (Phi) is 3.17. The van der Waals surface area contributed by atoms with Crippen molar-refractivity contribution in [1.82, 2.24) is 5.48 Å². The molecule has 1 amide bonds. The number of nitrogens with one attached hydrogen (secondary N) is 1. The first-order chi connectivity index (χ1) is 3.63. The molecule has 0 saturated heterocycles. The molecular formula is C2H6BNO4. The number of hydrogen-bond acceptors (Lipinski definition) is 4. The summed E-state index contributed by atoms with van der Waals surface area (Å²) in [6, 6.07) is 0. The van der Waals surface area contributed by atoms with Gasteiger partial charge in [0.1, 0.15) is 0 Å². The zero-order valence-electron chi connectivity index (χ0n) is 4.29. The molecule has 0 spiro atoms. The molecule has 6 heteroatoms. The summed E-state index contributed by atoms with van der Waals surface area (Å²) in [5.41, 5.74) is 1.71. The highest BCUT2D eigenvalue weighted by atomic mass is 16.7. The van der Waals surface area contributed by atoms with Gasteiger partial charge in [-0.2, -0.15) is 0 Å². The summed E-state index contributed by atoms with van der Waals surface area (Å²) in [5, 5.41) is 15.8. The summed E-state index contributed by atoms with van der Waals surface area (Å²) in [4.78, 5) is 9.89. The fourth-order valence-corrected chi connectivity index (χ4v) is 0.136. The van der Waals surface area contributed by atoms with E-state index in [0.29, 0.717) is 0 Å². The maximum Gasteiger partial charge on any atom is 0.656 e. The van der Waals surface area contributed by atoms with E-state index in [9.17, 15) is 4.79 Å². The summed E-state index contributed by atoms with van der Waals surface area (Å²) < 4.78 is 3.81. The molecule has 0 aliphatic carbocycles. The molecule has 0 bridgehead atoms. The Morgan fingerprint density at radius 3 is 2.38 bits per heavy atom. The van der Waals surface area contributed by atoms with Gasteiger partial charge in [-0.1, -0.05) is 0 Å². The van der Waals surface area contributed by atoms with Crippen molar-refractivity contribution in [2.75, 3.05) is 0 Å². The van der Waals surface area contributed by atoms with Crippen LogP contribution in [0.15, 0.2) is 0 Å². The second-order valence-corrected chi connectivity index (χ2v) is 1.10. The molecule has 46 valence electrons. The number of hydrogen-bond donors (Lipinski definition) is 3. The third kappa shape index (κ3) is 5.41. The van der Waals surface area contributed by atoms with Crippen LogP contribution < -0.4 is 5.48 Å². The first kappa shape index (κ1) is 7.41. The summed E-state index contributed by atoms with van der Waals surface area (Å²) in [7, 11) is -1.95. The van der Waals surface area contributed by atoms with E-state index in [1.165, 1.54) is 6.92 Å². The van der Waals surface area contributed by atoms with Crippen molar-refractivity contribution in [3.63, 3.8) is 0 Å². The molecule has 0 aliphatic heterocycles. The number of carbonyl (C=O) groups is 1. The molecule has 0 aromatic heterocycles. The van der Waals surface area contributed by atoms with Crippen molar-refractivity contribution in [3.8, 4) is 0 Å². The topological polar surface area (TPSA) is 78.8 Å². The smallest absolute Gasteiger partial charge is 0.400 e. The molecule has 5 nitrogen and oxygen atoms in total. The van der Waals surface area contributed by atoms with Gasteiger partial charge in [-0.3, -0.25) is 9.55 Å². The van der Waals surface area contributed by atoms with Crippen LogP contribution in [-0.4, -0.2) is 23.3 Å². The fourth-order valence-electron chi connectivity index (χ4n) is 0.136. The van der Waals surface area contributed by atoms with Gasteiger partial charge in [-0.05, 0) is 0 Å². The van der Waals surface area contributed by atoms with Crippen LogP contribution in [0.4, 0.5) is 0 Å². The third-order valence-electron chi connectivity index (χ3n) is 0.308. The number of carbonyl (C=O) groups excluding carboxylic acids is 1. The molecule has 0 rings (SSSR count). The Labute approximate surface area is 46.4 Å². The second kappa shape index (κ2) is 3.42. The van der Waals surface area contributed by atoms with Crippen LogP contribution in [0.1, 0.15) is 6.92 Å². The Hall–Kier alpha value is -0.585. The van der Waals surface area contributed by atoms with E-state index in [2.05, 4.69) is 4.76 Å². The van der Waals surface area contributed by atoms with Crippen molar-refractivity contribution in [2.45, 2.75) is 6.92 Å². The van der Waals surface area contributed by atoms with Gasteiger partial charge < -0.3 is 10.0 Å². The molecule has 0 fully saturated rings. The van der Waals surface area contributed by atoms with Crippen LogP contribution in [0, 0.1) is 0 Å². The summed E-state index contributed by atoms with van der Waals surface area (Å²) in [6.45, 7) is 1.18. The van der Waals surface area contributed by atoms with Gasteiger partial charge in [-0.15, -0.1) is 0 Å². The van der Waals surface area contributed by atoms with E-state index in [1.807, 2.05) is 0 Å². The molecule has 0 saturated carbocycles. The number of rotatable bonds is 2. The minimum absolute atomic E-state index is 0.488. The van der Waals surface area contributed by atoms with Gasteiger partial charge in [0, 0.05) is 6.92 Å². The van der Waals surface area contributed by atoms with E-state index in [-0.39, 0.29) is 0 Å². The molecule has 0 radical (unpaired) electrons. The zero-order chi connectivity index (χ0) is 6.57. The lowest BCUT2D eigenvalue weighted by atomic mass is 10.3. The quantitative estimate of drug-likeness (QED) is 0.290. The molecular weight excluding hydrogens is 113 g/mol. The lowest BCUT2D eigenvalue weighted by molar-refractivity contribution is -0.127. The fraction of sp³-hybridized carbons (Fsp3) is 0.500. The predicted molar refractivity (Wildman–Crippen MR) is 25.1 cm³/mol. The second-order valence-electron chi connectivity index (χ2n) is 1.10. The molecule has 0 atom stereocenters. The maximum absolute atomic E-state index is 9.89. The summed E-state index contributed by atoms with van der Waals surface area (Å²) in [6.07, 6.45) is 0. The summed E-state index contributed by atoms with van der Waals surface area (Å²) in [5.74, 6) is -0.488. The minimum atomic E-state index is -1.95. The van der Waals surface area contributed by atoms with Crippen LogP contribution >= 0.6 is 0 Å². The van der Waals surface area contributed by atoms with Crippen molar-refractivity contribution < 1.29 is 19.6 Å². The zero-order valence-corrected chi connectivity index (χ0v) is 4.29. The molecule has 0 aromatic carbocycles. The molecule has 8 heavy (non-hydrogen) atoms. The molecule has 0 aromatic rings. The standard InChI is InChI=1S/C2H6BNO4/c1-2(5)4-8-3(6)7/h6-7H,1H3,(H,4,5). The summed E-state index contributed by atoms with van der Waals surface area (Å²) >= 11 is 0. The van der Waals surface area contributed by atoms with Gasteiger partial charge in [-0.25, -0.2) is 5.48 Å². The number of hydroxylamine groups is 1. The van der Waals surface area contributed by atoms with Gasteiger partial charge >= 0.3 is 7.32 Å².